The molecule has 0 radical (unpaired) electrons. The third kappa shape index (κ3) is 4.91. The van der Waals surface area contributed by atoms with Crippen molar-refractivity contribution in [3.8, 4) is 11.6 Å². The van der Waals surface area contributed by atoms with Crippen LogP contribution in [-0.2, 0) is 6.54 Å². The van der Waals surface area contributed by atoms with Crippen LogP contribution in [0.3, 0.4) is 0 Å². The van der Waals surface area contributed by atoms with Crippen LogP contribution in [0.2, 0.25) is 5.02 Å². The van der Waals surface area contributed by atoms with E-state index in [1.807, 2.05) is 48.5 Å². The fourth-order valence-electron chi connectivity index (χ4n) is 3.60. The normalized spacial score (nSPS) is 14.5. The number of ether oxygens (including phenoxy) is 2. The van der Waals surface area contributed by atoms with Crippen molar-refractivity contribution in [3.05, 3.63) is 64.8 Å². The van der Waals surface area contributed by atoms with E-state index in [1.54, 1.807) is 7.11 Å². The first kappa shape index (κ1) is 21.0. The smallest absolute Gasteiger partial charge is 0.362 e. The Morgan fingerprint density at radius 2 is 1.81 bits per heavy atom. The summed E-state index contributed by atoms with van der Waals surface area (Å²) in [6, 6.07) is 15.2. The van der Waals surface area contributed by atoms with Crippen LogP contribution in [0.4, 0.5) is 5.69 Å². The maximum absolute atomic E-state index is 11.6. The molecule has 0 atom stereocenters. The fourth-order valence-corrected chi connectivity index (χ4v) is 3.73. The maximum atomic E-state index is 11.6. The number of carboxylic acids is 1. The molecule has 9 heteroatoms. The molecule has 0 aliphatic carbocycles. The van der Waals surface area contributed by atoms with Crippen molar-refractivity contribution in [2.75, 3.05) is 25.1 Å². The first-order valence-electron chi connectivity index (χ1n) is 10.0. The minimum Gasteiger partial charge on any atom is -0.497 e. The maximum Gasteiger partial charge on any atom is 0.362 e. The van der Waals surface area contributed by atoms with Gasteiger partial charge in [-0.1, -0.05) is 28.9 Å². The quantitative estimate of drug-likeness (QED) is 0.596. The molecule has 3 aromatic rings. The van der Waals surface area contributed by atoms with E-state index in [0.717, 1.165) is 42.9 Å². The highest BCUT2D eigenvalue weighted by Crippen LogP contribution is 2.26. The number of aromatic nitrogens is 3. The van der Waals surface area contributed by atoms with Crippen molar-refractivity contribution in [2.24, 2.45) is 0 Å². The number of methoxy groups -OCH3 is 1. The number of carbonyl (C=O) groups is 1. The van der Waals surface area contributed by atoms with E-state index in [0.29, 0.717) is 11.6 Å². The van der Waals surface area contributed by atoms with Crippen LogP contribution in [-0.4, -0.2) is 52.4 Å². The molecule has 1 aliphatic heterocycles. The molecule has 1 aliphatic rings. The number of piperidine rings is 1. The summed E-state index contributed by atoms with van der Waals surface area (Å²) in [5.41, 5.74) is 1.87. The Balaban J connectivity index is 1.45. The molecule has 2 heterocycles. The van der Waals surface area contributed by atoms with Crippen LogP contribution in [0.15, 0.2) is 48.5 Å². The SMILES string of the molecule is COc1ccc(Cn2nnc(C(=O)O)c2OC2CCN(c3ccc(Cl)cc3)CC2)cc1. The van der Waals surface area contributed by atoms with Gasteiger partial charge in [0.15, 0.2) is 0 Å². The van der Waals surface area contributed by atoms with Gasteiger partial charge in [0, 0.05) is 36.6 Å². The summed E-state index contributed by atoms with van der Waals surface area (Å²) < 4.78 is 12.8. The van der Waals surface area contributed by atoms with Crippen molar-refractivity contribution < 1.29 is 19.4 Å². The number of carboxylic acid groups (broad SMARTS) is 1. The number of hydrogen-bond acceptors (Lipinski definition) is 6. The van der Waals surface area contributed by atoms with Gasteiger partial charge in [-0.25, -0.2) is 9.48 Å². The summed E-state index contributed by atoms with van der Waals surface area (Å²) in [5.74, 6) is -0.222. The molecule has 0 amide bonds. The summed E-state index contributed by atoms with van der Waals surface area (Å²) in [6.07, 6.45) is 1.40. The van der Waals surface area contributed by atoms with Crippen molar-refractivity contribution in [1.29, 1.82) is 0 Å². The summed E-state index contributed by atoms with van der Waals surface area (Å²) in [6.45, 7) is 1.95. The average Bonchev–Trinajstić information content (AvgIpc) is 3.18. The third-order valence-electron chi connectivity index (χ3n) is 5.30. The number of anilines is 1. The van der Waals surface area contributed by atoms with Gasteiger partial charge in [-0.3, -0.25) is 0 Å². The number of halogens is 1. The molecule has 0 saturated carbocycles. The van der Waals surface area contributed by atoms with E-state index in [-0.39, 0.29) is 17.7 Å². The van der Waals surface area contributed by atoms with E-state index in [2.05, 4.69) is 15.2 Å². The molecule has 0 unspecified atom stereocenters. The lowest BCUT2D eigenvalue weighted by molar-refractivity contribution is 0.0679. The predicted molar refractivity (Wildman–Crippen MR) is 116 cm³/mol. The van der Waals surface area contributed by atoms with Gasteiger partial charge in [0.05, 0.1) is 13.7 Å². The number of hydrogen-bond donors (Lipinski definition) is 1. The second kappa shape index (κ2) is 9.26. The first-order valence-corrected chi connectivity index (χ1v) is 10.4. The van der Waals surface area contributed by atoms with E-state index in [1.165, 1.54) is 4.68 Å². The Labute approximate surface area is 185 Å². The molecule has 4 rings (SSSR count). The number of aromatic carboxylic acids is 1. The van der Waals surface area contributed by atoms with Crippen LogP contribution in [0.1, 0.15) is 28.9 Å². The standard InChI is InChI=1S/C22H23ClN4O4/c1-30-18-8-2-15(3-9-18)14-27-21(20(22(28)29)24-25-27)31-19-10-12-26(13-11-19)17-6-4-16(23)5-7-17/h2-9,19H,10-14H2,1H3,(H,28,29). The van der Waals surface area contributed by atoms with Gasteiger partial charge in [0.2, 0.25) is 11.6 Å². The van der Waals surface area contributed by atoms with Gasteiger partial charge in [-0.15, -0.1) is 5.10 Å². The van der Waals surface area contributed by atoms with Gasteiger partial charge >= 0.3 is 5.97 Å². The van der Waals surface area contributed by atoms with Gasteiger partial charge in [-0.2, -0.15) is 0 Å². The van der Waals surface area contributed by atoms with E-state index in [4.69, 9.17) is 21.1 Å². The van der Waals surface area contributed by atoms with Crippen LogP contribution in [0.25, 0.3) is 0 Å². The lowest BCUT2D eigenvalue weighted by Gasteiger charge is -2.33. The van der Waals surface area contributed by atoms with E-state index in [9.17, 15) is 9.90 Å². The highest BCUT2D eigenvalue weighted by Gasteiger charge is 2.27. The van der Waals surface area contributed by atoms with Crippen molar-refractivity contribution in [1.82, 2.24) is 15.0 Å². The van der Waals surface area contributed by atoms with Gasteiger partial charge in [0.25, 0.3) is 0 Å². The average molecular weight is 443 g/mol. The van der Waals surface area contributed by atoms with Crippen LogP contribution in [0, 0.1) is 0 Å². The molecule has 1 saturated heterocycles. The molecule has 1 aromatic heterocycles. The van der Waals surface area contributed by atoms with Gasteiger partial charge < -0.3 is 19.5 Å². The zero-order valence-corrected chi connectivity index (χ0v) is 17.8. The molecular weight excluding hydrogens is 420 g/mol. The Hall–Kier alpha value is -3.26. The minimum absolute atomic E-state index is 0.116. The molecular formula is C22H23ClN4O4. The largest absolute Gasteiger partial charge is 0.497 e. The molecule has 31 heavy (non-hydrogen) atoms. The van der Waals surface area contributed by atoms with Crippen LogP contribution >= 0.6 is 11.6 Å². The van der Waals surface area contributed by atoms with Crippen molar-refractivity contribution >= 4 is 23.3 Å². The van der Waals surface area contributed by atoms with E-state index >= 15 is 0 Å². The number of nitrogens with zero attached hydrogens (tertiary/aromatic N) is 4. The Kier molecular flexibility index (Phi) is 6.27. The van der Waals surface area contributed by atoms with Crippen molar-refractivity contribution in [2.45, 2.75) is 25.5 Å². The molecule has 162 valence electrons. The monoisotopic (exact) mass is 442 g/mol. The minimum atomic E-state index is -1.16. The Morgan fingerprint density at radius 1 is 1.13 bits per heavy atom. The summed E-state index contributed by atoms with van der Waals surface area (Å²) in [5, 5.41) is 18.1. The summed E-state index contributed by atoms with van der Waals surface area (Å²) >= 11 is 5.97. The fraction of sp³-hybridized carbons (Fsp3) is 0.318. The highest BCUT2D eigenvalue weighted by atomic mass is 35.5. The van der Waals surface area contributed by atoms with Crippen LogP contribution < -0.4 is 14.4 Å². The van der Waals surface area contributed by atoms with Crippen LogP contribution in [0.5, 0.6) is 11.6 Å². The van der Waals surface area contributed by atoms with Crippen molar-refractivity contribution in [3.63, 3.8) is 0 Å². The number of benzene rings is 2. The zero-order valence-electron chi connectivity index (χ0n) is 17.1. The topological polar surface area (TPSA) is 89.7 Å². The molecule has 1 fully saturated rings. The molecule has 8 nitrogen and oxygen atoms in total. The second-order valence-electron chi connectivity index (χ2n) is 7.33. The number of rotatable bonds is 7. The Bertz CT molecular complexity index is 1030. The molecule has 2 aromatic carbocycles. The Morgan fingerprint density at radius 3 is 2.42 bits per heavy atom. The first-order chi connectivity index (χ1) is 15.0. The van der Waals surface area contributed by atoms with E-state index < -0.39 is 5.97 Å². The predicted octanol–water partition coefficient (Wildman–Crippen LogP) is 3.73. The summed E-state index contributed by atoms with van der Waals surface area (Å²) in [7, 11) is 1.61. The lowest BCUT2D eigenvalue weighted by Crippen LogP contribution is -2.38. The molecule has 0 bridgehead atoms. The third-order valence-corrected chi connectivity index (χ3v) is 5.55. The lowest BCUT2D eigenvalue weighted by atomic mass is 10.1. The van der Waals surface area contributed by atoms with Gasteiger partial charge in [0.1, 0.15) is 11.9 Å². The molecule has 0 spiro atoms. The second-order valence-corrected chi connectivity index (χ2v) is 7.77. The summed E-state index contributed by atoms with van der Waals surface area (Å²) in [4.78, 5) is 13.9. The highest BCUT2D eigenvalue weighted by molar-refractivity contribution is 6.30. The molecule has 1 N–H and O–H groups in total. The zero-order chi connectivity index (χ0) is 21.8. The van der Waals surface area contributed by atoms with Gasteiger partial charge in [-0.05, 0) is 42.0 Å².